The molecule has 0 amide bonds. The first-order valence-electron chi connectivity index (χ1n) is 6.25. The van der Waals surface area contributed by atoms with Crippen LogP contribution >= 0.6 is 0 Å². The summed E-state index contributed by atoms with van der Waals surface area (Å²) >= 11 is 0. The zero-order valence-electron chi connectivity index (χ0n) is 11.0. The Balaban J connectivity index is 2.31. The Morgan fingerprint density at radius 3 is 2.76 bits per heavy atom. The fourth-order valence-electron chi connectivity index (χ4n) is 2.30. The molecule has 2 atom stereocenters. The van der Waals surface area contributed by atoms with Gasteiger partial charge in [-0.05, 0) is 38.6 Å². The summed E-state index contributed by atoms with van der Waals surface area (Å²) in [4.78, 5) is 0. The number of rotatable bonds is 6. The van der Waals surface area contributed by atoms with Gasteiger partial charge in [-0.15, -0.1) is 0 Å². The number of sulfonamides is 1. The summed E-state index contributed by atoms with van der Waals surface area (Å²) in [6.45, 7) is 5.84. The third kappa shape index (κ3) is 4.77. The lowest BCUT2D eigenvalue weighted by atomic mass is 9.80. The number of allylic oxidation sites excluding steroid dienone is 1. The quantitative estimate of drug-likeness (QED) is 0.556. The number of nitrogens with one attached hydrogen (secondary N) is 2. The average molecular weight is 260 g/mol. The summed E-state index contributed by atoms with van der Waals surface area (Å²) in [6.07, 6.45) is 4.72. The lowest BCUT2D eigenvalue weighted by Crippen LogP contribution is -2.34. The molecule has 0 radical (unpaired) electrons. The zero-order valence-corrected chi connectivity index (χ0v) is 11.8. The number of hydrogen-bond acceptors (Lipinski definition) is 3. The van der Waals surface area contributed by atoms with Crippen LogP contribution in [0.5, 0.6) is 0 Å². The summed E-state index contributed by atoms with van der Waals surface area (Å²) < 4.78 is 24.8. The summed E-state index contributed by atoms with van der Waals surface area (Å²) in [5, 5.41) is 3.25. The van der Waals surface area contributed by atoms with Gasteiger partial charge >= 0.3 is 0 Å². The van der Waals surface area contributed by atoms with Gasteiger partial charge in [-0.2, -0.15) is 0 Å². The molecule has 0 heterocycles. The van der Waals surface area contributed by atoms with Crippen LogP contribution in [0.1, 0.15) is 26.7 Å². The third-order valence-corrected chi connectivity index (χ3v) is 4.95. The summed E-state index contributed by atoms with van der Waals surface area (Å²) in [7, 11) is -1.63. The van der Waals surface area contributed by atoms with Crippen LogP contribution in [0, 0.1) is 11.8 Å². The van der Waals surface area contributed by atoms with Gasteiger partial charge in [0.25, 0.3) is 0 Å². The maximum absolute atomic E-state index is 11.2. The summed E-state index contributed by atoms with van der Waals surface area (Å²) in [6, 6.07) is 0. The molecule has 0 saturated heterocycles. The molecular formula is C12H24N2O2S. The van der Waals surface area contributed by atoms with Crippen molar-refractivity contribution in [2.45, 2.75) is 26.7 Å². The minimum Gasteiger partial charge on any atom is -0.315 e. The van der Waals surface area contributed by atoms with Crippen LogP contribution in [-0.2, 0) is 10.0 Å². The molecule has 0 bridgehead atoms. The average Bonchev–Trinajstić information content (AvgIpc) is 2.27. The third-order valence-electron chi connectivity index (χ3n) is 3.58. The Hall–Kier alpha value is -0.390. The maximum atomic E-state index is 11.2. The molecule has 5 heteroatoms. The highest BCUT2D eigenvalue weighted by molar-refractivity contribution is 7.89. The Labute approximate surface area is 105 Å². The van der Waals surface area contributed by atoms with Gasteiger partial charge < -0.3 is 5.32 Å². The van der Waals surface area contributed by atoms with E-state index in [0.717, 1.165) is 6.54 Å². The molecule has 0 fully saturated rings. The van der Waals surface area contributed by atoms with Gasteiger partial charge in [0.2, 0.25) is 10.0 Å². The normalized spacial score (nSPS) is 25.7. The van der Waals surface area contributed by atoms with Gasteiger partial charge in [0.05, 0.1) is 5.75 Å². The topological polar surface area (TPSA) is 58.2 Å². The summed E-state index contributed by atoms with van der Waals surface area (Å²) in [5.41, 5.74) is 1.44. The van der Waals surface area contributed by atoms with Crippen molar-refractivity contribution in [1.82, 2.24) is 10.0 Å². The van der Waals surface area contributed by atoms with E-state index >= 15 is 0 Å². The Kier molecular flexibility index (Phi) is 5.62. The molecule has 0 aliphatic heterocycles. The minimum atomic E-state index is -3.08. The molecule has 2 N–H and O–H groups in total. The van der Waals surface area contributed by atoms with Crippen LogP contribution in [0.3, 0.4) is 0 Å². The van der Waals surface area contributed by atoms with Crippen LogP contribution in [0.4, 0.5) is 0 Å². The second-order valence-corrected chi connectivity index (χ2v) is 6.88. The molecular weight excluding hydrogens is 236 g/mol. The molecule has 1 aliphatic rings. The molecule has 100 valence electrons. The highest BCUT2D eigenvalue weighted by Gasteiger charge is 2.21. The second-order valence-electron chi connectivity index (χ2n) is 4.84. The molecule has 1 rings (SSSR count). The van der Waals surface area contributed by atoms with Crippen molar-refractivity contribution in [2.24, 2.45) is 11.8 Å². The minimum absolute atomic E-state index is 0.146. The van der Waals surface area contributed by atoms with Crippen molar-refractivity contribution < 1.29 is 8.42 Å². The first kappa shape index (κ1) is 14.7. The van der Waals surface area contributed by atoms with Crippen molar-refractivity contribution in [2.75, 3.05) is 25.9 Å². The molecule has 0 aromatic carbocycles. The zero-order chi connectivity index (χ0) is 12.9. The summed E-state index contributed by atoms with van der Waals surface area (Å²) in [5.74, 6) is 1.39. The Morgan fingerprint density at radius 2 is 2.18 bits per heavy atom. The first-order valence-corrected chi connectivity index (χ1v) is 7.90. The standard InChI is InChI=1S/C12H24N2O2S/c1-10-5-4-6-11(2)12(10)9-14-7-8-17(15,16)13-3/h5,11-14H,4,6-9H2,1-3H3/t11-,12+/m1/s1. The van der Waals surface area contributed by atoms with Gasteiger partial charge in [-0.25, -0.2) is 13.1 Å². The molecule has 1 aliphatic carbocycles. The fraction of sp³-hybridized carbons (Fsp3) is 0.833. The second kappa shape index (κ2) is 6.52. The van der Waals surface area contributed by atoms with Crippen molar-refractivity contribution in [3.05, 3.63) is 11.6 Å². The monoisotopic (exact) mass is 260 g/mol. The molecule has 0 unspecified atom stereocenters. The van der Waals surface area contributed by atoms with Gasteiger partial charge in [0.1, 0.15) is 0 Å². The van der Waals surface area contributed by atoms with Crippen LogP contribution in [0.2, 0.25) is 0 Å². The van der Waals surface area contributed by atoms with Crippen LogP contribution in [0.25, 0.3) is 0 Å². The van der Waals surface area contributed by atoms with E-state index in [0.29, 0.717) is 18.4 Å². The predicted molar refractivity (Wildman–Crippen MR) is 71.4 cm³/mol. The first-order chi connectivity index (χ1) is 7.96. The molecule has 0 aromatic heterocycles. The van der Waals surface area contributed by atoms with E-state index in [1.165, 1.54) is 25.5 Å². The van der Waals surface area contributed by atoms with Crippen molar-refractivity contribution in [3.63, 3.8) is 0 Å². The van der Waals surface area contributed by atoms with E-state index in [4.69, 9.17) is 0 Å². The van der Waals surface area contributed by atoms with Gasteiger partial charge in [-0.3, -0.25) is 0 Å². The van der Waals surface area contributed by atoms with E-state index < -0.39 is 10.0 Å². The lowest BCUT2D eigenvalue weighted by Gasteiger charge is -2.29. The van der Waals surface area contributed by atoms with Crippen molar-refractivity contribution in [3.8, 4) is 0 Å². The number of hydrogen-bond donors (Lipinski definition) is 2. The smallest absolute Gasteiger partial charge is 0.212 e. The van der Waals surface area contributed by atoms with E-state index in [1.54, 1.807) is 0 Å². The largest absolute Gasteiger partial charge is 0.315 e. The highest BCUT2D eigenvalue weighted by Crippen LogP contribution is 2.29. The van der Waals surface area contributed by atoms with Crippen LogP contribution < -0.4 is 10.0 Å². The van der Waals surface area contributed by atoms with E-state index in [-0.39, 0.29) is 5.75 Å². The van der Waals surface area contributed by atoms with Crippen LogP contribution in [0.15, 0.2) is 11.6 Å². The lowest BCUT2D eigenvalue weighted by molar-refractivity contribution is 0.353. The maximum Gasteiger partial charge on any atom is 0.212 e. The highest BCUT2D eigenvalue weighted by atomic mass is 32.2. The van der Waals surface area contributed by atoms with Crippen molar-refractivity contribution >= 4 is 10.0 Å². The van der Waals surface area contributed by atoms with E-state index in [9.17, 15) is 8.42 Å². The fourth-order valence-corrected chi connectivity index (χ4v) is 2.92. The van der Waals surface area contributed by atoms with Gasteiger partial charge in [-0.1, -0.05) is 18.6 Å². The molecule has 4 nitrogen and oxygen atoms in total. The van der Waals surface area contributed by atoms with E-state index in [1.807, 2.05) is 0 Å². The van der Waals surface area contributed by atoms with Gasteiger partial charge in [0, 0.05) is 13.1 Å². The molecule has 0 spiro atoms. The van der Waals surface area contributed by atoms with Crippen LogP contribution in [-0.4, -0.2) is 34.3 Å². The molecule has 0 aromatic rings. The van der Waals surface area contributed by atoms with E-state index in [2.05, 4.69) is 30.0 Å². The van der Waals surface area contributed by atoms with Crippen molar-refractivity contribution in [1.29, 1.82) is 0 Å². The Bertz CT molecular complexity index is 363. The molecule has 0 saturated carbocycles. The Morgan fingerprint density at radius 1 is 1.47 bits per heavy atom. The van der Waals surface area contributed by atoms with Gasteiger partial charge in [0.15, 0.2) is 0 Å². The SMILES string of the molecule is CNS(=O)(=O)CCNC[C@H]1C(C)=CCC[C@H]1C. The molecule has 17 heavy (non-hydrogen) atoms. The predicted octanol–water partition coefficient (Wildman–Crippen LogP) is 1.12.